The number of fused-ring (bicyclic) bond motifs is 1. The predicted molar refractivity (Wildman–Crippen MR) is 153 cm³/mol. The SMILES string of the molecule is C#CCOc1ccc(/C=c2\sc3n(c2=O)C(c2ccc(C(C)C)cc2)C(C(=O)OCC)=C(C)N=3)cc1OCC. The summed E-state index contributed by atoms with van der Waals surface area (Å²) in [7, 11) is 0. The maximum Gasteiger partial charge on any atom is 0.338 e. The average Bonchev–Trinajstić information content (AvgIpc) is 3.21. The number of esters is 1. The van der Waals surface area contributed by atoms with Crippen molar-refractivity contribution in [3.63, 3.8) is 0 Å². The summed E-state index contributed by atoms with van der Waals surface area (Å²) in [4.78, 5) is 32.1. The van der Waals surface area contributed by atoms with Gasteiger partial charge in [0.2, 0.25) is 0 Å². The first-order valence-corrected chi connectivity index (χ1v) is 13.7. The molecule has 2 aromatic carbocycles. The molecule has 39 heavy (non-hydrogen) atoms. The normalized spacial score (nSPS) is 15.0. The van der Waals surface area contributed by atoms with Gasteiger partial charge in [-0.2, -0.15) is 0 Å². The molecule has 1 aromatic heterocycles. The summed E-state index contributed by atoms with van der Waals surface area (Å²) in [5, 5.41) is 0. The number of hydrogen-bond acceptors (Lipinski definition) is 7. The highest BCUT2D eigenvalue weighted by Gasteiger charge is 2.33. The molecule has 0 saturated heterocycles. The van der Waals surface area contributed by atoms with Crippen molar-refractivity contribution in [1.29, 1.82) is 0 Å². The van der Waals surface area contributed by atoms with E-state index in [1.807, 2.05) is 43.3 Å². The van der Waals surface area contributed by atoms with Crippen LogP contribution >= 0.6 is 11.3 Å². The molecular formula is C31H32N2O5S. The molecule has 1 aliphatic heterocycles. The van der Waals surface area contributed by atoms with E-state index in [0.29, 0.717) is 44.6 Å². The van der Waals surface area contributed by atoms with Crippen LogP contribution < -0.4 is 24.4 Å². The van der Waals surface area contributed by atoms with E-state index in [4.69, 9.17) is 20.6 Å². The lowest BCUT2D eigenvalue weighted by Crippen LogP contribution is -2.39. The molecule has 1 atom stereocenters. The van der Waals surface area contributed by atoms with Gasteiger partial charge in [-0.05, 0) is 61.6 Å². The van der Waals surface area contributed by atoms with Crippen LogP contribution in [0.5, 0.6) is 11.5 Å². The maximum absolute atomic E-state index is 13.9. The van der Waals surface area contributed by atoms with Crippen LogP contribution in [0.2, 0.25) is 0 Å². The molecule has 4 rings (SSSR count). The molecule has 0 spiro atoms. The fraction of sp³-hybridized carbons (Fsp3) is 0.323. The minimum Gasteiger partial charge on any atom is -0.490 e. The van der Waals surface area contributed by atoms with Gasteiger partial charge in [0.25, 0.3) is 5.56 Å². The van der Waals surface area contributed by atoms with Crippen molar-refractivity contribution < 1.29 is 19.0 Å². The molecule has 1 aliphatic rings. The number of carbonyl (C=O) groups is 1. The molecule has 0 amide bonds. The number of allylic oxidation sites excluding steroid dienone is 1. The Bertz CT molecular complexity index is 1620. The fourth-order valence-electron chi connectivity index (χ4n) is 4.44. The monoisotopic (exact) mass is 544 g/mol. The van der Waals surface area contributed by atoms with Crippen LogP contribution in [-0.2, 0) is 9.53 Å². The smallest absolute Gasteiger partial charge is 0.338 e. The number of hydrogen-bond donors (Lipinski definition) is 0. The van der Waals surface area contributed by atoms with Crippen molar-refractivity contribution in [3.05, 3.63) is 90.1 Å². The Balaban J connectivity index is 1.87. The van der Waals surface area contributed by atoms with E-state index in [2.05, 4.69) is 24.8 Å². The van der Waals surface area contributed by atoms with Crippen molar-refractivity contribution in [1.82, 2.24) is 4.57 Å². The van der Waals surface area contributed by atoms with Gasteiger partial charge in [-0.1, -0.05) is 61.4 Å². The number of thiazole rings is 1. The average molecular weight is 545 g/mol. The Morgan fingerprint density at radius 2 is 1.87 bits per heavy atom. The lowest BCUT2D eigenvalue weighted by Gasteiger charge is -2.25. The van der Waals surface area contributed by atoms with Gasteiger partial charge in [0.15, 0.2) is 16.3 Å². The molecule has 7 nitrogen and oxygen atoms in total. The second kappa shape index (κ2) is 12.2. The standard InChI is InChI=1S/C31H32N2O5S/c1-7-16-38-24-15-10-21(17-25(24)36-8-2)18-26-29(34)33-28(23-13-11-22(12-14-23)19(4)5)27(30(35)37-9-3)20(6)32-31(33)39-26/h1,10-15,17-19,28H,8-9,16H2,2-6H3/b26-18-. The van der Waals surface area contributed by atoms with E-state index in [1.54, 1.807) is 30.6 Å². The number of aromatic nitrogens is 1. The molecule has 0 N–H and O–H groups in total. The zero-order valence-electron chi connectivity index (χ0n) is 22.8. The van der Waals surface area contributed by atoms with E-state index in [9.17, 15) is 9.59 Å². The van der Waals surface area contributed by atoms with Gasteiger partial charge < -0.3 is 14.2 Å². The second-order valence-corrected chi connectivity index (χ2v) is 10.3. The zero-order chi connectivity index (χ0) is 28.1. The summed E-state index contributed by atoms with van der Waals surface area (Å²) in [6.45, 7) is 10.5. The molecule has 8 heteroatoms. The predicted octanol–water partition coefficient (Wildman–Crippen LogP) is 4.33. The summed E-state index contributed by atoms with van der Waals surface area (Å²) >= 11 is 1.27. The fourth-order valence-corrected chi connectivity index (χ4v) is 5.49. The molecule has 2 heterocycles. The molecule has 0 saturated carbocycles. The van der Waals surface area contributed by atoms with Gasteiger partial charge in [0, 0.05) is 0 Å². The number of ether oxygens (including phenoxy) is 3. The van der Waals surface area contributed by atoms with Crippen molar-refractivity contribution in [3.8, 4) is 23.8 Å². The first-order valence-electron chi connectivity index (χ1n) is 12.9. The maximum atomic E-state index is 13.9. The highest BCUT2D eigenvalue weighted by Crippen LogP contribution is 2.32. The van der Waals surface area contributed by atoms with E-state index < -0.39 is 12.0 Å². The number of benzene rings is 2. The summed E-state index contributed by atoms with van der Waals surface area (Å²) in [6.07, 6.45) is 7.12. The molecular weight excluding hydrogens is 512 g/mol. The summed E-state index contributed by atoms with van der Waals surface area (Å²) < 4.78 is 18.8. The van der Waals surface area contributed by atoms with Crippen molar-refractivity contribution in [2.24, 2.45) is 4.99 Å². The van der Waals surface area contributed by atoms with Gasteiger partial charge in [-0.3, -0.25) is 9.36 Å². The molecule has 1 unspecified atom stereocenters. The van der Waals surface area contributed by atoms with Gasteiger partial charge >= 0.3 is 5.97 Å². The second-order valence-electron chi connectivity index (χ2n) is 9.26. The van der Waals surface area contributed by atoms with Gasteiger partial charge in [0.1, 0.15) is 6.61 Å². The number of nitrogens with zero attached hydrogens (tertiary/aromatic N) is 2. The topological polar surface area (TPSA) is 79.1 Å². The highest BCUT2D eigenvalue weighted by molar-refractivity contribution is 7.07. The Hall–Kier alpha value is -4.09. The molecule has 0 aliphatic carbocycles. The lowest BCUT2D eigenvalue weighted by atomic mass is 9.93. The van der Waals surface area contributed by atoms with Crippen LogP contribution in [0.25, 0.3) is 6.08 Å². The van der Waals surface area contributed by atoms with Crippen LogP contribution in [0.15, 0.2) is 63.5 Å². The first kappa shape index (κ1) is 27.9. The molecule has 0 fully saturated rings. The summed E-state index contributed by atoms with van der Waals surface area (Å²) in [6, 6.07) is 12.8. The third-order valence-corrected chi connectivity index (χ3v) is 7.30. The van der Waals surface area contributed by atoms with Gasteiger partial charge in [0.05, 0.1) is 35.1 Å². The zero-order valence-corrected chi connectivity index (χ0v) is 23.6. The van der Waals surface area contributed by atoms with Gasteiger partial charge in [-0.25, -0.2) is 9.79 Å². The Labute approximate surface area is 232 Å². The molecule has 0 radical (unpaired) electrons. The van der Waals surface area contributed by atoms with Crippen LogP contribution in [0, 0.1) is 12.3 Å². The third-order valence-electron chi connectivity index (χ3n) is 6.31. The molecule has 202 valence electrons. The summed E-state index contributed by atoms with van der Waals surface area (Å²) in [5.41, 5.74) is 3.41. The minimum absolute atomic E-state index is 0.123. The van der Waals surface area contributed by atoms with Crippen molar-refractivity contribution in [2.75, 3.05) is 19.8 Å². The number of rotatable bonds is 9. The Morgan fingerprint density at radius 1 is 1.13 bits per heavy atom. The van der Waals surface area contributed by atoms with Crippen LogP contribution in [0.4, 0.5) is 0 Å². The quantitative estimate of drug-likeness (QED) is 0.296. The highest BCUT2D eigenvalue weighted by atomic mass is 32.1. The Kier molecular flexibility index (Phi) is 8.72. The van der Waals surface area contributed by atoms with Crippen LogP contribution in [0.1, 0.15) is 63.3 Å². The lowest BCUT2D eigenvalue weighted by molar-refractivity contribution is -0.139. The van der Waals surface area contributed by atoms with E-state index in [1.165, 1.54) is 16.9 Å². The van der Waals surface area contributed by atoms with Crippen molar-refractivity contribution >= 4 is 23.4 Å². The third kappa shape index (κ3) is 5.84. The number of terminal acetylenes is 1. The first-order chi connectivity index (χ1) is 18.8. The van der Waals surface area contributed by atoms with Crippen LogP contribution in [-0.4, -0.2) is 30.4 Å². The van der Waals surface area contributed by atoms with Crippen LogP contribution in [0.3, 0.4) is 0 Å². The minimum atomic E-state index is -0.651. The van der Waals surface area contributed by atoms with E-state index >= 15 is 0 Å². The van der Waals surface area contributed by atoms with E-state index in [-0.39, 0.29) is 18.8 Å². The number of carbonyl (C=O) groups excluding carboxylic acids is 1. The largest absolute Gasteiger partial charge is 0.490 e. The van der Waals surface area contributed by atoms with E-state index in [0.717, 1.165) is 11.1 Å². The summed E-state index contributed by atoms with van der Waals surface area (Å²) in [5.74, 6) is 3.40. The van der Waals surface area contributed by atoms with Gasteiger partial charge in [-0.15, -0.1) is 6.42 Å². The van der Waals surface area contributed by atoms with Crippen molar-refractivity contribution in [2.45, 2.75) is 46.6 Å². The molecule has 0 bridgehead atoms. The molecule has 3 aromatic rings. The Morgan fingerprint density at radius 3 is 2.51 bits per heavy atom.